The van der Waals surface area contributed by atoms with Gasteiger partial charge in [0, 0.05) is 0 Å². The van der Waals surface area contributed by atoms with Gasteiger partial charge in [-0.05, 0) is 0 Å². The van der Waals surface area contributed by atoms with Gasteiger partial charge in [-0.2, -0.15) is 0 Å². The SMILES string of the molecule is C[C@H](CN(O)C=O)C(N)=O. The summed E-state index contributed by atoms with van der Waals surface area (Å²) in [4.78, 5) is 20.1. The first-order chi connectivity index (χ1) is 4.57. The van der Waals surface area contributed by atoms with E-state index in [0.29, 0.717) is 5.06 Å². The summed E-state index contributed by atoms with van der Waals surface area (Å²) in [6.07, 6.45) is 0.222. The molecular formula is C5H10N2O3. The zero-order chi connectivity index (χ0) is 8.15. The molecule has 1 atom stereocenters. The summed E-state index contributed by atoms with van der Waals surface area (Å²) in [7, 11) is 0. The van der Waals surface area contributed by atoms with Gasteiger partial charge in [-0.1, -0.05) is 6.92 Å². The third-order valence-corrected chi connectivity index (χ3v) is 1.07. The number of amides is 2. The summed E-state index contributed by atoms with van der Waals surface area (Å²) < 4.78 is 0. The lowest BCUT2D eigenvalue weighted by molar-refractivity contribution is -0.153. The average Bonchev–Trinajstić information content (AvgIpc) is 1.87. The van der Waals surface area contributed by atoms with Crippen LogP contribution in [0.5, 0.6) is 0 Å². The third kappa shape index (κ3) is 3.03. The first kappa shape index (κ1) is 8.90. The van der Waals surface area contributed by atoms with Crippen LogP contribution in [0.4, 0.5) is 0 Å². The van der Waals surface area contributed by atoms with Crippen molar-refractivity contribution in [3.63, 3.8) is 0 Å². The Kier molecular flexibility index (Phi) is 3.42. The van der Waals surface area contributed by atoms with Crippen LogP contribution in [-0.4, -0.2) is 29.1 Å². The predicted molar refractivity (Wildman–Crippen MR) is 32.9 cm³/mol. The molecule has 5 nitrogen and oxygen atoms in total. The molecule has 0 aromatic rings. The van der Waals surface area contributed by atoms with Crippen molar-refractivity contribution in [2.45, 2.75) is 6.92 Å². The van der Waals surface area contributed by atoms with Gasteiger partial charge in [-0.15, -0.1) is 0 Å². The van der Waals surface area contributed by atoms with E-state index in [1.807, 2.05) is 0 Å². The number of nitrogens with zero attached hydrogens (tertiary/aromatic N) is 1. The second-order valence-corrected chi connectivity index (χ2v) is 2.03. The molecule has 0 heterocycles. The van der Waals surface area contributed by atoms with Gasteiger partial charge in [-0.3, -0.25) is 14.8 Å². The summed E-state index contributed by atoms with van der Waals surface area (Å²) in [5, 5.41) is 8.92. The van der Waals surface area contributed by atoms with Crippen molar-refractivity contribution in [3.8, 4) is 0 Å². The number of primary amides is 1. The van der Waals surface area contributed by atoms with Crippen molar-refractivity contribution < 1.29 is 14.8 Å². The standard InChI is InChI=1S/C5H10N2O3/c1-4(5(6)9)2-7(10)3-8/h3-4,10H,2H2,1H3,(H2,6,9)/t4-/m1/s1. The van der Waals surface area contributed by atoms with Crippen molar-refractivity contribution in [1.29, 1.82) is 0 Å². The molecule has 0 spiro atoms. The van der Waals surface area contributed by atoms with Gasteiger partial charge in [0.15, 0.2) is 0 Å². The van der Waals surface area contributed by atoms with Crippen molar-refractivity contribution in [3.05, 3.63) is 0 Å². The van der Waals surface area contributed by atoms with Crippen LogP contribution < -0.4 is 5.73 Å². The number of carbonyl (C=O) groups excluding carboxylic acids is 2. The minimum absolute atomic E-state index is 0.0567. The lowest BCUT2D eigenvalue weighted by atomic mass is 10.2. The highest BCUT2D eigenvalue weighted by molar-refractivity contribution is 5.76. The highest BCUT2D eigenvalue weighted by Gasteiger charge is 2.10. The van der Waals surface area contributed by atoms with Crippen LogP contribution in [0.3, 0.4) is 0 Å². The number of carbonyl (C=O) groups is 2. The largest absolute Gasteiger partial charge is 0.369 e. The van der Waals surface area contributed by atoms with Crippen LogP contribution in [-0.2, 0) is 9.59 Å². The van der Waals surface area contributed by atoms with E-state index in [9.17, 15) is 9.59 Å². The van der Waals surface area contributed by atoms with Gasteiger partial charge in [0.25, 0.3) is 0 Å². The second kappa shape index (κ2) is 3.84. The quantitative estimate of drug-likeness (QED) is 0.301. The molecule has 0 saturated heterocycles. The van der Waals surface area contributed by atoms with Crippen molar-refractivity contribution >= 4 is 12.3 Å². The van der Waals surface area contributed by atoms with Crippen LogP contribution in [0, 0.1) is 5.92 Å². The molecule has 2 amide bonds. The maximum atomic E-state index is 10.3. The fourth-order valence-corrected chi connectivity index (χ4v) is 0.414. The molecule has 3 N–H and O–H groups in total. The number of nitrogens with two attached hydrogens (primary N) is 1. The Morgan fingerprint density at radius 1 is 1.90 bits per heavy atom. The molecule has 10 heavy (non-hydrogen) atoms. The van der Waals surface area contributed by atoms with Crippen molar-refractivity contribution in [2.24, 2.45) is 11.7 Å². The molecule has 0 unspecified atom stereocenters. The molecule has 0 fully saturated rings. The fraction of sp³-hybridized carbons (Fsp3) is 0.600. The van der Waals surface area contributed by atoms with Gasteiger partial charge in [0.05, 0.1) is 12.5 Å². The van der Waals surface area contributed by atoms with Gasteiger partial charge in [-0.25, -0.2) is 5.06 Å². The van der Waals surface area contributed by atoms with Gasteiger partial charge in [0.1, 0.15) is 0 Å². The monoisotopic (exact) mass is 146 g/mol. The van der Waals surface area contributed by atoms with E-state index in [4.69, 9.17) is 10.9 Å². The summed E-state index contributed by atoms with van der Waals surface area (Å²) in [5.74, 6) is -1.06. The minimum atomic E-state index is -0.541. The first-order valence-corrected chi connectivity index (χ1v) is 2.78. The summed E-state index contributed by atoms with van der Waals surface area (Å²) in [6, 6.07) is 0. The number of hydrogen-bond donors (Lipinski definition) is 2. The van der Waals surface area contributed by atoms with Crippen LogP contribution in [0.15, 0.2) is 0 Å². The van der Waals surface area contributed by atoms with Crippen LogP contribution in [0.1, 0.15) is 6.92 Å². The molecule has 0 aromatic carbocycles. The molecule has 0 aliphatic carbocycles. The Morgan fingerprint density at radius 2 is 2.40 bits per heavy atom. The van der Waals surface area contributed by atoms with Crippen molar-refractivity contribution in [1.82, 2.24) is 5.06 Å². The van der Waals surface area contributed by atoms with Crippen LogP contribution in [0.2, 0.25) is 0 Å². The Bertz CT molecular complexity index is 137. The van der Waals surface area contributed by atoms with Gasteiger partial charge in [0.2, 0.25) is 12.3 Å². The average molecular weight is 146 g/mol. The Hall–Kier alpha value is -1.10. The molecule has 0 aromatic heterocycles. The molecule has 0 saturated carbocycles. The van der Waals surface area contributed by atoms with E-state index >= 15 is 0 Å². The molecular weight excluding hydrogens is 136 g/mol. The molecule has 58 valence electrons. The topological polar surface area (TPSA) is 83.6 Å². The van der Waals surface area contributed by atoms with E-state index in [2.05, 4.69) is 0 Å². The molecule has 0 bridgehead atoms. The van der Waals surface area contributed by atoms with Crippen LogP contribution in [0.25, 0.3) is 0 Å². The predicted octanol–water partition coefficient (Wildman–Crippen LogP) is -1.04. The molecule has 0 rings (SSSR count). The second-order valence-electron chi connectivity index (χ2n) is 2.03. The molecule has 0 radical (unpaired) electrons. The van der Waals surface area contributed by atoms with Crippen molar-refractivity contribution in [2.75, 3.05) is 6.54 Å². The molecule has 0 aliphatic heterocycles. The smallest absolute Gasteiger partial charge is 0.233 e. The van der Waals surface area contributed by atoms with E-state index < -0.39 is 11.8 Å². The highest BCUT2D eigenvalue weighted by Crippen LogP contribution is 1.93. The van der Waals surface area contributed by atoms with E-state index in [1.165, 1.54) is 6.92 Å². The van der Waals surface area contributed by atoms with Gasteiger partial charge >= 0.3 is 0 Å². The summed E-state index contributed by atoms with van der Waals surface area (Å²) in [6.45, 7) is 1.47. The molecule has 5 heteroatoms. The van der Waals surface area contributed by atoms with Crippen LogP contribution >= 0.6 is 0 Å². The molecule has 0 aliphatic rings. The van der Waals surface area contributed by atoms with E-state index in [-0.39, 0.29) is 13.0 Å². The number of hydrogen-bond acceptors (Lipinski definition) is 3. The first-order valence-electron chi connectivity index (χ1n) is 2.78. The number of rotatable bonds is 4. The summed E-state index contributed by atoms with van der Waals surface area (Å²) >= 11 is 0. The third-order valence-electron chi connectivity index (χ3n) is 1.07. The highest BCUT2D eigenvalue weighted by atomic mass is 16.5. The van der Waals surface area contributed by atoms with E-state index in [1.54, 1.807) is 0 Å². The number of hydroxylamine groups is 2. The Balaban J connectivity index is 3.67. The minimum Gasteiger partial charge on any atom is -0.369 e. The normalized spacial score (nSPS) is 12.2. The lowest BCUT2D eigenvalue weighted by Crippen LogP contribution is -2.31. The fourth-order valence-electron chi connectivity index (χ4n) is 0.414. The maximum Gasteiger partial charge on any atom is 0.233 e. The summed E-state index contributed by atoms with van der Waals surface area (Å²) in [5.41, 5.74) is 4.85. The van der Waals surface area contributed by atoms with Gasteiger partial charge < -0.3 is 5.73 Å². The Labute approximate surface area is 58.4 Å². The maximum absolute atomic E-state index is 10.3. The zero-order valence-electron chi connectivity index (χ0n) is 5.65. The zero-order valence-corrected chi connectivity index (χ0v) is 5.65. The lowest BCUT2D eigenvalue weighted by Gasteiger charge is -2.11. The van der Waals surface area contributed by atoms with E-state index in [0.717, 1.165) is 0 Å². The Morgan fingerprint density at radius 3 is 2.70 bits per heavy atom.